The third-order valence-corrected chi connectivity index (χ3v) is 3.67. The molecule has 0 amide bonds. The Morgan fingerprint density at radius 2 is 2.22 bits per heavy atom. The maximum absolute atomic E-state index is 5.70. The van der Waals surface area contributed by atoms with Gasteiger partial charge in [-0.1, -0.05) is 0 Å². The Hall–Kier alpha value is -2.01. The topological polar surface area (TPSA) is 53.1 Å². The van der Waals surface area contributed by atoms with E-state index in [0.29, 0.717) is 5.13 Å². The quantitative estimate of drug-likeness (QED) is 0.770. The van der Waals surface area contributed by atoms with Crippen LogP contribution in [-0.2, 0) is 7.05 Å². The molecule has 18 heavy (non-hydrogen) atoms. The summed E-state index contributed by atoms with van der Waals surface area (Å²) in [5.74, 6) is 0.846. The number of rotatable bonds is 2. The SMILES string of the molecule is COc1ccc2c(c1)c(-c1csc(N)n1)cn2C. The number of benzene rings is 1. The van der Waals surface area contributed by atoms with Crippen molar-refractivity contribution in [3.05, 3.63) is 29.8 Å². The molecule has 3 rings (SSSR count). The number of ether oxygens (including phenoxy) is 1. The number of methoxy groups -OCH3 is 1. The molecule has 1 aromatic carbocycles. The summed E-state index contributed by atoms with van der Waals surface area (Å²) in [6.45, 7) is 0. The molecule has 2 N–H and O–H groups in total. The molecule has 0 saturated heterocycles. The molecule has 0 spiro atoms. The number of fused-ring (bicyclic) bond motifs is 1. The predicted octanol–water partition coefficient (Wildman–Crippen LogP) is 2.89. The fourth-order valence-electron chi connectivity index (χ4n) is 2.11. The molecule has 92 valence electrons. The highest BCUT2D eigenvalue weighted by molar-refractivity contribution is 7.13. The van der Waals surface area contributed by atoms with E-state index in [2.05, 4.69) is 15.7 Å². The first-order valence-corrected chi connectivity index (χ1v) is 6.41. The van der Waals surface area contributed by atoms with Crippen molar-refractivity contribution in [3.63, 3.8) is 0 Å². The van der Waals surface area contributed by atoms with Gasteiger partial charge in [0.15, 0.2) is 5.13 Å². The minimum atomic E-state index is 0.588. The smallest absolute Gasteiger partial charge is 0.180 e. The maximum atomic E-state index is 5.70. The van der Waals surface area contributed by atoms with Gasteiger partial charge in [-0.25, -0.2) is 4.98 Å². The van der Waals surface area contributed by atoms with Crippen molar-refractivity contribution < 1.29 is 4.74 Å². The summed E-state index contributed by atoms with van der Waals surface area (Å²) in [5, 5.41) is 3.69. The van der Waals surface area contributed by atoms with Gasteiger partial charge in [0.25, 0.3) is 0 Å². The zero-order chi connectivity index (χ0) is 12.7. The molecule has 0 aliphatic carbocycles. The van der Waals surface area contributed by atoms with Gasteiger partial charge < -0.3 is 15.0 Å². The first kappa shape index (κ1) is 11.1. The molecule has 5 heteroatoms. The van der Waals surface area contributed by atoms with Crippen LogP contribution in [0.5, 0.6) is 5.75 Å². The number of hydrogen-bond acceptors (Lipinski definition) is 4. The van der Waals surface area contributed by atoms with Gasteiger partial charge in [0.05, 0.1) is 12.8 Å². The summed E-state index contributed by atoms with van der Waals surface area (Å²) in [5.41, 5.74) is 8.85. The summed E-state index contributed by atoms with van der Waals surface area (Å²) in [4.78, 5) is 4.34. The monoisotopic (exact) mass is 259 g/mol. The van der Waals surface area contributed by atoms with Crippen molar-refractivity contribution in [2.24, 2.45) is 7.05 Å². The molecule has 0 saturated carbocycles. The zero-order valence-electron chi connectivity index (χ0n) is 10.2. The second-order valence-corrected chi connectivity index (χ2v) is 5.00. The second kappa shape index (κ2) is 4.03. The van der Waals surface area contributed by atoms with Gasteiger partial charge in [0.1, 0.15) is 5.75 Å². The van der Waals surface area contributed by atoms with Gasteiger partial charge in [0, 0.05) is 35.1 Å². The molecule has 3 aromatic rings. The molecule has 0 aliphatic heterocycles. The molecule has 0 aliphatic rings. The van der Waals surface area contributed by atoms with Crippen LogP contribution in [-0.4, -0.2) is 16.7 Å². The lowest BCUT2D eigenvalue weighted by Gasteiger charge is -2.01. The van der Waals surface area contributed by atoms with Crippen molar-refractivity contribution in [1.29, 1.82) is 0 Å². The summed E-state index contributed by atoms with van der Waals surface area (Å²) in [7, 11) is 3.69. The Labute approximate surface area is 109 Å². The van der Waals surface area contributed by atoms with Crippen LogP contribution in [0, 0.1) is 0 Å². The van der Waals surface area contributed by atoms with Crippen molar-refractivity contribution in [3.8, 4) is 17.0 Å². The molecule has 0 bridgehead atoms. The molecular formula is C13H13N3OS. The Morgan fingerprint density at radius 1 is 1.39 bits per heavy atom. The van der Waals surface area contributed by atoms with Gasteiger partial charge in [-0.05, 0) is 18.2 Å². The molecule has 0 unspecified atom stereocenters. The largest absolute Gasteiger partial charge is 0.497 e. The van der Waals surface area contributed by atoms with Gasteiger partial charge in [-0.15, -0.1) is 11.3 Å². The highest BCUT2D eigenvalue weighted by Gasteiger charge is 2.12. The summed E-state index contributed by atoms with van der Waals surface area (Å²) < 4.78 is 7.36. The van der Waals surface area contributed by atoms with Crippen LogP contribution >= 0.6 is 11.3 Å². The minimum absolute atomic E-state index is 0.588. The van der Waals surface area contributed by atoms with Crippen LogP contribution in [0.4, 0.5) is 5.13 Å². The third-order valence-electron chi connectivity index (χ3n) is 2.99. The number of hydrogen-bond donors (Lipinski definition) is 1. The van der Waals surface area contributed by atoms with Crippen molar-refractivity contribution in [2.75, 3.05) is 12.8 Å². The van der Waals surface area contributed by atoms with Crippen molar-refractivity contribution in [2.45, 2.75) is 0 Å². The second-order valence-electron chi connectivity index (χ2n) is 4.11. The third kappa shape index (κ3) is 1.64. The lowest BCUT2D eigenvalue weighted by Crippen LogP contribution is -1.85. The van der Waals surface area contributed by atoms with Crippen LogP contribution in [0.1, 0.15) is 0 Å². The molecule has 0 radical (unpaired) electrons. The normalized spacial score (nSPS) is 11.0. The van der Waals surface area contributed by atoms with E-state index >= 15 is 0 Å². The van der Waals surface area contributed by atoms with Gasteiger partial charge in [0.2, 0.25) is 0 Å². The fourth-order valence-corrected chi connectivity index (χ4v) is 2.68. The Bertz CT molecular complexity index is 714. The van der Waals surface area contributed by atoms with Crippen LogP contribution in [0.3, 0.4) is 0 Å². The maximum Gasteiger partial charge on any atom is 0.180 e. The molecule has 0 fully saturated rings. The van der Waals surface area contributed by atoms with Gasteiger partial charge in [-0.3, -0.25) is 0 Å². The molecular weight excluding hydrogens is 246 g/mol. The number of aryl methyl sites for hydroxylation is 1. The molecule has 0 atom stereocenters. The highest BCUT2D eigenvalue weighted by Crippen LogP contribution is 2.33. The standard InChI is InChI=1S/C13H13N3OS/c1-16-6-10(11-7-18-13(14)15-11)9-5-8(17-2)3-4-12(9)16/h3-7H,1-2H3,(H2,14,15). The molecule has 2 heterocycles. The van der Waals surface area contributed by atoms with Gasteiger partial charge >= 0.3 is 0 Å². The van der Waals surface area contributed by atoms with E-state index in [0.717, 1.165) is 27.9 Å². The summed E-state index contributed by atoms with van der Waals surface area (Å²) in [6.07, 6.45) is 2.07. The number of nitrogen functional groups attached to an aromatic ring is 1. The average Bonchev–Trinajstić information content (AvgIpc) is 2.93. The Kier molecular flexibility index (Phi) is 2.48. The van der Waals surface area contributed by atoms with E-state index in [-0.39, 0.29) is 0 Å². The van der Waals surface area contributed by atoms with E-state index in [4.69, 9.17) is 10.5 Å². The number of thiazole rings is 1. The van der Waals surface area contributed by atoms with E-state index in [9.17, 15) is 0 Å². The van der Waals surface area contributed by atoms with E-state index in [1.54, 1.807) is 7.11 Å². The summed E-state index contributed by atoms with van der Waals surface area (Å²) >= 11 is 1.45. The number of anilines is 1. The minimum Gasteiger partial charge on any atom is -0.497 e. The zero-order valence-corrected chi connectivity index (χ0v) is 11.0. The summed E-state index contributed by atoms with van der Waals surface area (Å²) in [6, 6.07) is 6.04. The predicted molar refractivity (Wildman–Crippen MR) is 75.0 cm³/mol. The first-order valence-electron chi connectivity index (χ1n) is 5.53. The van der Waals surface area contributed by atoms with E-state index in [1.807, 2.05) is 30.6 Å². The number of nitrogens with zero attached hydrogens (tertiary/aromatic N) is 2. The van der Waals surface area contributed by atoms with Crippen LogP contribution in [0.25, 0.3) is 22.2 Å². The Morgan fingerprint density at radius 3 is 2.89 bits per heavy atom. The first-order chi connectivity index (χ1) is 8.69. The molecule has 2 aromatic heterocycles. The van der Waals surface area contributed by atoms with E-state index < -0.39 is 0 Å². The van der Waals surface area contributed by atoms with Crippen LogP contribution < -0.4 is 10.5 Å². The van der Waals surface area contributed by atoms with Crippen LogP contribution in [0.15, 0.2) is 29.8 Å². The highest BCUT2D eigenvalue weighted by atomic mass is 32.1. The number of aromatic nitrogens is 2. The fraction of sp³-hybridized carbons (Fsp3) is 0.154. The van der Waals surface area contributed by atoms with Gasteiger partial charge in [-0.2, -0.15) is 0 Å². The average molecular weight is 259 g/mol. The lowest BCUT2D eigenvalue weighted by molar-refractivity contribution is 0.415. The van der Waals surface area contributed by atoms with Crippen LogP contribution in [0.2, 0.25) is 0 Å². The lowest BCUT2D eigenvalue weighted by atomic mass is 10.1. The number of nitrogens with two attached hydrogens (primary N) is 1. The molecule has 4 nitrogen and oxygen atoms in total. The van der Waals surface area contributed by atoms with Crippen molar-refractivity contribution in [1.82, 2.24) is 9.55 Å². The Balaban J connectivity index is 2.28. The van der Waals surface area contributed by atoms with Crippen molar-refractivity contribution >= 4 is 27.4 Å². The van der Waals surface area contributed by atoms with E-state index in [1.165, 1.54) is 11.3 Å².